The Morgan fingerprint density at radius 1 is 0.521 bits per heavy atom. The maximum absolute atomic E-state index is 12.8. The molecular weight excluding hydrogens is 963 g/mol. The molecule has 1 amide bonds. The number of allylic oxidation sites excluding steroid dienone is 1. The van der Waals surface area contributed by atoms with Crippen molar-refractivity contribution in [2.75, 3.05) is 71.0 Å². The molecule has 0 aromatic heterocycles. The number of aliphatic hydroxyl groups excluding tert-OH is 1. The quantitative estimate of drug-likeness (QED) is 0.0262. The van der Waals surface area contributed by atoms with Crippen molar-refractivity contribution in [2.45, 2.75) is 270 Å². The van der Waals surface area contributed by atoms with Crippen molar-refractivity contribution >= 4 is 61.0 Å². The number of hydrogen-bond acceptors (Lipinski definition) is 12. The number of nitrogens with zero attached hydrogens (tertiary/aromatic N) is 2. The van der Waals surface area contributed by atoms with Gasteiger partial charge in [0.25, 0.3) is 0 Å². The summed E-state index contributed by atoms with van der Waals surface area (Å²) in [4.78, 5) is 42.5. The van der Waals surface area contributed by atoms with Gasteiger partial charge in [0, 0.05) is 54.6 Å². The van der Waals surface area contributed by atoms with Crippen LogP contribution in [0.15, 0.2) is 12.2 Å². The van der Waals surface area contributed by atoms with Crippen LogP contribution >= 0.6 is 43.2 Å². The van der Waals surface area contributed by atoms with Crippen LogP contribution in [0.4, 0.5) is 0 Å². The molecule has 0 spiro atoms. The third-order valence-corrected chi connectivity index (χ3v) is 19.5. The molecule has 0 aromatic rings. The molecule has 2 N–H and O–H groups in total. The zero-order chi connectivity index (χ0) is 52.1. The van der Waals surface area contributed by atoms with Gasteiger partial charge in [-0.05, 0) is 110 Å². The van der Waals surface area contributed by atoms with Crippen molar-refractivity contribution in [3.63, 3.8) is 0 Å². The second kappa shape index (κ2) is 55.7. The first-order valence-corrected chi connectivity index (χ1v) is 34.3. The van der Waals surface area contributed by atoms with E-state index in [4.69, 9.17) is 9.47 Å². The Morgan fingerprint density at radius 2 is 1.01 bits per heavy atom. The molecule has 0 fully saturated rings. The van der Waals surface area contributed by atoms with Gasteiger partial charge >= 0.3 is 11.9 Å². The lowest BCUT2D eigenvalue weighted by Crippen LogP contribution is -2.35. The Balaban J connectivity index is 4.50. The van der Waals surface area contributed by atoms with Gasteiger partial charge in [-0.25, -0.2) is 0 Å². The molecule has 0 bridgehead atoms. The van der Waals surface area contributed by atoms with Crippen molar-refractivity contribution in [3.8, 4) is 0 Å². The van der Waals surface area contributed by atoms with Crippen LogP contribution in [0.3, 0.4) is 0 Å². The molecule has 2 unspecified atom stereocenters. The summed E-state index contributed by atoms with van der Waals surface area (Å²) >= 11 is 0. The average molecular weight is 1080 g/mol. The minimum Gasteiger partial charge on any atom is -0.466 e. The first-order chi connectivity index (χ1) is 34.7. The molecule has 71 heavy (non-hydrogen) atoms. The number of rotatable bonds is 56. The van der Waals surface area contributed by atoms with Crippen LogP contribution in [0.1, 0.15) is 253 Å². The van der Waals surface area contributed by atoms with Gasteiger partial charge in [0.05, 0.1) is 32.2 Å². The predicted molar refractivity (Wildman–Crippen MR) is 317 cm³/mol. The number of aliphatic hydroxyl groups is 1. The third-order valence-electron chi connectivity index (χ3n) is 13.2. The van der Waals surface area contributed by atoms with Gasteiger partial charge in [-0.3, -0.25) is 14.4 Å². The summed E-state index contributed by atoms with van der Waals surface area (Å²) in [7, 11) is 10.3. The molecule has 0 aliphatic carbocycles. The van der Waals surface area contributed by atoms with Gasteiger partial charge in [-0.1, -0.05) is 199 Å². The fourth-order valence-electron chi connectivity index (χ4n) is 8.28. The van der Waals surface area contributed by atoms with Gasteiger partial charge in [0.15, 0.2) is 0 Å². The Labute approximate surface area is 455 Å². The summed E-state index contributed by atoms with van der Waals surface area (Å²) in [5, 5.41) is 14.8. The van der Waals surface area contributed by atoms with Crippen LogP contribution < -0.4 is 5.32 Å². The van der Waals surface area contributed by atoms with E-state index in [0.29, 0.717) is 52.1 Å². The maximum Gasteiger partial charge on any atom is 0.307 e. The molecule has 13 heteroatoms. The zero-order valence-electron chi connectivity index (χ0n) is 47.0. The van der Waals surface area contributed by atoms with E-state index >= 15 is 0 Å². The number of unbranched alkanes of at least 4 members (excludes halogenated alkanes) is 18. The van der Waals surface area contributed by atoms with Gasteiger partial charge in [-0.15, -0.1) is 0 Å². The Bertz CT molecular complexity index is 1150. The Morgan fingerprint density at radius 3 is 1.58 bits per heavy atom. The number of amides is 1. The predicted octanol–water partition coefficient (Wildman–Crippen LogP) is 16.2. The van der Waals surface area contributed by atoms with Crippen LogP contribution in [0, 0.1) is 0 Å². The van der Waals surface area contributed by atoms with E-state index in [1.165, 1.54) is 127 Å². The Kier molecular flexibility index (Phi) is 55.2. The van der Waals surface area contributed by atoms with Crippen molar-refractivity contribution in [1.29, 1.82) is 0 Å². The maximum atomic E-state index is 12.8. The van der Waals surface area contributed by atoms with E-state index in [-0.39, 0.29) is 23.9 Å². The summed E-state index contributed by atoms with van der Waals surface area (Å²) in [6.07, 6.45) is 41.2. The lowest BCUT2D eigenvalue weighted by atomic mass is 10.1. The van der Waals surface area contributed by atoms with Crippen molar-refractivity contribution in [1.82, 2.24) is 15.1 Å². The first-order valence-electron chi connectivity index (χ1n) is 29.6. The van der Waals surface area contributed by atoms with E-state index in [2.05, 4.69) is 90.5 Å². The molecule has 0 heterocycles. The summed E-state index contributed by atoms with van der Waals surface area (Å²) in [6, 6.07) is 0. The number of hydrogen-bond donors (Lipinski definition) is 2. The molecule has 0 radical (unpaired) electrons. The van der Waals surface area contributed by atoms with Gasteiger partial charge in [-0.2, -0.15) is 0 Å². The number of likely N-dealkylation sites (N-methyl/N-ethyl adjacent to an activating group) is 1. The third kappa shape index (κ3) is 51.3. The highest BCUT2D eigenvalue weighted by molar-refractivity contribution is 8.77. The normalized spacial score (nSPS) is 13.1. The van der Waals surface area contributed by atoms with Crippen LogP contribution in [0.5, 0.6) is 0 Å². The number of carbonyl (C=O) groups excluding carboxylic acids is 3. The second-order valence-corrected chi connectivity index (χ2v) is 25.6. The monoisotopic (exact) mass is 1080 g/mol. The van der Waals surface area contributed by atoms with E-state index in [1.807, 2.05) is 21.6 Å². The van der Waals surface area contributed by atoms with Crippen molar-refractivity contribution in [2.24, 2.45) is 0 Å². The summed E-state index contributed by atoms with van der Waals surface area (Å²) in [5.41, 5.74) is 0. The van der Waals surface area contributed by atoms with Crippen LogP contribution in [0.25, 0.3) is 0 Å². The largest absolute Gasteiger partial charge is 0.466 e. The fraction of sp³-hybridized carbons (Fsp3) is 0.914. The van der Waals surface area contributed by atoms with Gasteiger partial charge in [0.1, 0.15) is 0 Å². The smallest absolute Gasteiger partial charge is 0.307 e. The SMILES string of the molecule is CCCCCC[C@@H](O)C/C=C\CCCCCCCC(=O)NCCN(C)CCCN(CCC(=O)OCCCCCCSSC(CC)CCCCC)CCC(=O)OCCCCCCSSC(CC)CCCCC. The summed E-state index contributed by atoms with van der Waals surface area (Å²) in [5.74, 6) is 2.18. The first kappa shape index (κ1) is 70.4. The standard InChI is InChI=1S/C58H113N3O6S4/c1-7-12-15-28-36-53(62)37-29-20-18-16-17-19-21-30-40-56(63)59-43-48-60(6)44-35-45-61(46-41-57(64)66-49-31-22-24-33-51-68-70-54(10-4)38-26-13-8-2)47-42-58(65)67-50-32-23-25-34-52-69-71-55(11-5)39-27-14-9-3/h20,29,53-55,62H,7-19,21-28,30-52H2,1-6H3,(H,59,63)/b29-20-/t53-,54?,55?/m1/s1. The lowest BCUT2D eigenvalue weighted by molar-refractivity contribution is -0.144. The van der Waals surface area contributed by atoms with Gasteiger partial charge in [0.2, 0.25) is 5.91 Å². The average Bonchev–Trinajstić information content (AvgIpc) is 3.36. The number of ether oxygens (including phenoxy) is 2. The van der Waals surface area contributed by atoms with E-state index < -0.39 is 0 Å². The molecule has 3 atom stereocenters. The van der Waals surface area contributed by atoms with E-state index in [1.54, 1.807) is 0 Å². The Hall–Kier alpha value is -0.570. The molecule has 0 saturated carbocycles. The zero-order valence-corrected chi connectivity index (χ0v) is 50.3. The molecule has 0 aliphatic heterocycles. The van der Waals surface area contributed by atoms with Crippen LogP contribution in [0.2, 0.25) is 0 Å². The van der Waals surface area contributed by atoms with Crippen LogP contribution in [-0.2, 0) is 23.9 Å². The lowest BCUT2D eigenvalue weighted by Gasteiger charge is -2.23. The molecular formula is C58H113N3O6S4. The van der Waals surface area contributed by atoms with Crippen molar-refractivity contribution in [3.05, 3.63) is 12.2 Å². The minimum atomic E-state index is -0.199. The molecule has 0 aliphatic rings. The number of esters is 2. The van der Waals surface area contributed by atoms with E-state index in [9.17, 15) is 19.5 Å². The number of carbonyl (C=O) groups is 3. The number of nitrogens with one attached hydrogen (secondary N) is 1. The molecule has 0 saturated heterocycles. The van der Waals surface area contributed by atoms with Crippen molar-refractivity contribution < 1.29 is 29.0 Å². The summed E-state index contributed by atoms with van der Waals surface area (Å²) < 4.78 is 11.3. The minimum absolute atomic E-state index is 0.129. The molecule has 0 rings (SSSR count). The van der Waals surface area contributed by atoms with Crippen LogP contribution in [-0.4, -0.2) is 120 Å². The second-order valence-electron chi connectivity index (χ2n) is 20.0. The highest BCUT2D eigenvalue weighted by atomic mass is 33.1. The fourth-order valence-corrected chi connectivity index (χ4v) is 14.1. The summed E-state index contributed by atoms with van der Waals surface area (Å²) in [6.45, 7) is 16.5. The molecule has 0 aromatic carbocycles. The van der Waals surface area contributed by atoms with E-state index in [0.717, 1.165) is 114 Å². The molecule has 9 nitrogen and oxygen atoms in total. The topological polar surface area (TPSA) is 108 Å². The highest BCUT2D eigenvalue weighted by Crippen LogP contribution is 2.34. The molecule has 420 valence electrons. The highest BCUT2D eigenvalue weighted by Gasteiger charge is 2.14. The van der Waals surface area contributed by atoms with Gasteiger partial charge < -0.3 is 29.7 Å².